The molecule has 4 atom stereocenters. The molecule has 0 aliphatic carbocycles. The van der Waals surface area contributed by atoms with E-state index >= 15 is 0 Å². The molecule has 0 aliphatic rings. The highest BCUT2D eigenvalue weighted by atomic mass is 79.9. The SMILES string of the molecule is CCCCC(CC)COC(=O)C(CCC(CCC(Br)C(=O)OCCc1ccc(O)c(O)c1)C(=O)OCCOC)CC(C)(C)C(=O)OCCCCCC(=O)N(C)CCC. The minimum absolute atomic E-state index is 0.0466. The van der Waals surface area contributed by atoms with Crippen molar-refractivity contribution < 1.29 is 57.9 Å². The minimum Gasteiger partial charge on any atom is -0.504 e. The van der Waals surface area contributed by atoms with Crippen molar-refractivity contribution in [2.75, 3.05) is 53.7 Å². The minimum atomic E-state index is -1.03. The van der Waals surface area contributed by atoms with Gasteiger partial charge in [-0.15, -0.1) is 0 Å². The van der Waals surface area contributed by atoms with E-state index in [-0.39, 0.29) is 88.5 Å². The second-order valence-corrected chi connectivity index (χ2v) is 16.9. The number of methoxy groups -OCH3 is 1. The van der Waals surface area contributed by atoms with Crippen molar-refractivity contribution in [3.05, 3.63) is 23.8 Å². The van der Waals surface area contributed by atoms with E-state index in [9.17, 15) is 34.2 Å². The summed E-state index contributed by atoms with van der Waals surface area (Å²) in [5, 5.41) is 19.3. The maximum atomic E-state index is 13.8. The number of unbranched alkanes of at least 4 members (excludes halogenated alkanes) is 3. The fraction of sp³-hybridized carbons (Fsp3) is 0.750. The van der Waals surface area contributed by atoms with Crippen LogP contribution in [0.25, 0.3) is 0 Å². The number of ether oxygens (including phenoxy) is 5. The number of hydrogen-bond acceptors (Lipinski definition) is 12. The second-order valence-electron chi connectivity index (χ2n) is 15.8. The number of hydrogen-bond donors (Lipinski definition) is 2. The summed E-state index contributed by atoms with van der Waals surface area (Å²) in [5.41, 5.74) is -0.355. The molecule has 0 radical (unpaired) electrons. The van der Waals surface area contributed by atoms with Gasteiger partial charge in [0.2, 0.25) is 5.91 Å². The Hall–Kier alpha value is -3.39. The molecule has 332 valence electrons. The molecule has 2 N–H and O–H groups in total. The number of nitrogens with zero attached hydrogens (tertiary/aromatic N) is 1. The van der Waals surface area contributed by atoms with Gasteiger partial charge in [0.1, 0.15) is 11.4 Å². The van der Waals surface area contributed by atoms with Gasteiger partial charge in [-0.25, -0.2) is 0 Å². The van der Waals surface area contributed by atoms with Gasteiger partial charge in [0.25, 0.3) is 0 Å². The number of phenolic OH excluding ortho intramolecular Hbond substituents is 2. The highest BCUT2D eigenvalue weighted by Crippen LogP contribution is 2.33. The normalized spacial score (nSPS) is 13.5. The van der Waals surface area contributed by atoms with E-state index < -0.39 is 46.0 Å². The Bertz CT molecular complexity index is 1370. The third-order valence-corrected chi connectivity index (χ3v) is 11.2. The van der Waals surface area contributed by atoms with Crippen LogP contribution in [0.4, 0.5) is 0 Å². The fourth-order valence-electron chi connectivity index (χ4n) is 6.46. The van der Waals surface area contributed by atoms with Crippen molar-refractivity contribution >= 4 is 45.7 Å². The molecule has 4 unspecified atom stereocenters. The average Bonchev–Trinajstić information content (AvgIpc) is 3.19. The zero-order valence-electron chi connectivity index (χ0n) is 36.2. The number of rotatable bonds is 32. The molecule has 58 heavy (non-hydrogen) atoms. The monoisotopic (exact) mass is 885 g/mol. The highest BCUT2D eigenvalue weighted by molar-refractivity contribution is 9.10. The molecule has 0 aliphatic heterocycles. The van der Waals surface area contributed by atoms with Crippen LogP contribution in [0.3, 0.4) is 0 Å². The number of amides is 1. The van der Waals surface area contributed by atoms with E-state index in [4.69, 9.17) is 23.7 Å². The zero-order valence-corrected chi connectivity index (χ0v) is 37.8. The lowest BCUT2D eigenvalue weighted by Crippen LogP contribution is -2.33. The third kappa shape index (κ3) is 21.6. The fourth-order valence-corrected chi connectivity index (χ4v) is 6.86. The maximum Gasteiger partial charge on any atom is 0.319 e. The van der Waals surface area contributed by atoms with Crippen LogP contribution in [-0.2, 0) is 54.1 Å². The van der Waals surface area contributed by atoms with E-state index in [0.717, 1.165) is 45.1 Å². The van der Waals surface area contributed by atoms with E-state index in [2.05, 4.69) is 29.8 Å². The van der Waals surface area contributed by atoms with Gasteiger partial charge in [0.05, 0.1) is 43.7 Å². The van der Waals surface area contributed by atoms with E-state index in [1.54, 1.807) is 31.9 Å². The lowest BCUT2D eigenvalue weighted by atomic mass is 9.79. The molecule has 0 heterocycles. The van der Waals surface area contributed by atoms with Gasteiger partial charge in [0.15, 0.2) is 11.5 Å². The van der Waals surface area contributed by atoms with Crippen molar-refractivity contribution in [3.63, 3.8) is 0 Å². The molecule has 0 spiro atoms. The Balaban J connectivity index is 2.99. The van der Waals surface area contributed by atoms with Gasteiger partial charge in [-0.05, 0) is 102 Å². The first-order valence-corrected chi connectivity index (χ1v) is 22.1. The van der Waals surface area contributed by atoms with Crippen LogP contribution in [0.15, 0.2) is 18.2 Å². The number of alkyl halides is 1. The summed E-state index contributed by atoms with van der Waals surface area (Å²) in [5.74, 6) is -3.41. The molecule has 0 saturated heterocycles. The standard InChI is InChI=1S/C44H72BrNO12/c1-8-11-15-32(10-3)31-58-41(51)35(30-44(4,5)43(53)57-25-14-12-13-16-39(49)46(6)24-9-2)19-18-34(40(50)56-28-27-54-7)20-21-36(45)42(52)55-26-23-33-17-22-37(47)38(48)29-33/h17,22,29,32,34-36,47-48H,8-16,18-21,23-28,30-31H2,1-7H3. The van der Waals surface area contributed by atoms with E-state index in [1.807, 2.05) is 6.92 Å². The number of carbonyl (C=O) groups excluding carboxylic acids is 5. The smallest absolute Gasteiger partial charge is 0.319 e. The number of phenols is 2. The Morgan fingerprint density at radius 3 is 2.07 bits per heavy atom. The first-order valence-electron chi connectivity index (χ1n) is 21.1. The Kier molecular flexibility index (Phi) is 27.0. The van der Waals surface area contributed by atoms with Crippen LogP contribution < -0.4 is 0 Å². The largest absolute Gasteiger partial charge is 0.504 e. The van der Waals surface area contributed by atoms with Crippen LogP contribution >= 0.6 is 15.9 Å². The van der Waals surface area contributed by atoms with Crippen LogP contribution in [0.5, 0.6) is 11.5 Å². The molecule has 0 bridgehead atoms. The number of aromatic hydroxyl groups is 2. The molecule has 13 nitrogen and oxygen atoms in total. The lowest BCUT2D eigenvalue weighted by Gasteiger charge is -2.28. The summed E-state index contributed by atoms with van der Waals surface area (Å²) < 4.78 is 27.5. The number of benzene rings is 1. The molecule has 0 aromatic heterocycles. The zero-order chi connectivity index (χ0) is 43.5. The quantitative estimate of drug-likeness (QED) is 0.0234. The van der Waals surface area contributed by atoms with Gasteiger partial charge < -0.3 is 38.8 Å². The molecule has 1 amide bonds. The van der Waals surface area contributed by atoms with Crippen LogP contribution in [0.2, 0.25) is 0 Å². The summed E-state index contributed by atoms with van der Waals surface area (Å²) >= 11 is 3.40. The predicted molar refractivity (Wildman–Crippen MR) is 225 cm³/mol. The maximum absolute atomic E-state index is 13.8. The first-order chi connectivity index (χ1) is 27.6. The third-order valence-electron chi connectivity index (χ3n) is 10.3. The van der Waals surface area contributed by atoms with Crippen molar-refractivity contribution in [2.24, 2.45) is 23.2 Å². The topological polar surface area (TPSA) is 175 Å². The summed E-state index contributed by atoms with van der Waals surface area (Å²) in [6.07, 6.45) is 8.76. The van der Waals surface area contributed by atoms with Crippen LogP contribution in [0.1, 0.15) is 130 Å². The molecular weight excluding hydrogens is 814 g/mol. The van der Waals surface area contributed by atoms with Crippen molar-refractivity contribution in [2.45, 2.75) is 136 Å². The van der Waals surface area contributed by atoms with Gasteiger partial charge in [-0.1, -0.05) is 62.0 Å². The van der Waals surface area contributed by atoms with E-state index in [0.29, 0.717) is 31.2 Å². The van der Waals surface area contributed by atoms with Crippen molar-refractivity contribution in [1.29, 1.82) is 0 Å². The molecule has 0 fully saturated rings. The number of carbonyl (C=O) groups is 5. The second kappa shape index (κ2) is 29.8. The summed E-state index contributed by atoms with van der Waals surface area (Å²) in [6, 6.07) is 4.39. The molecule has 0 saturated carbocycles. The first kappa shape index (κ1) is 52.6. The van der Waals surface area contributed by atoms with Crippen LogP contribution in [-0.4, -0.2) is 103 Å². The molecule has 14 heteroatoms. The van der Waals surface area contributed by atoms with Gasteiger partial charge in [0, 0.05) is 33.5 Å². The average molecular weight is 887 g/mol. The molecule has 1 aromatic rings. The lowest BCUT2D eigenvalue weighted by molar-refractivity contribution is -0.159. The Labute approximate surface area is 355 Å². The van der Waals surface area contributed by atoms with Crippen molar-refractivity contribution in [1.82, 2.24) is 4.90 Å². The number of esters is 4. The van der Waals surface area contributed by atoms with Gasteiger partial charge >= 0.3 is 23.9 Å². The van der Waals surface area contributed by atoms with Crippen LogP contribution in [0, 0.1) is 23.2 Å². The van der Waals surface area contributed by atoms with E-state index in [1.165, 1.54) is 19.2 Å². The molecule has 1 rings (SSSR count). The Morgan fingerprint density at radius 2 is 1.41 bits per heavy atom. The summed E-state index contributed by atoms with van der Waals surface area (Å²) in [4.78, 5) is 66.6. The van der Waals surface area contributed by atoms with Gasteiger partial charge in [-0.3, -0.25) is 24.0 Å². The molecular formula is C44H72BrNO12. The van der Waals surface area contributed by atoms with Crippen molar-refractivity contribution in [3.8, 4) is 11.5 Å². The highest BCUT2D eigenvalue weighted by Gasteiger charge is 2.37. The summed E-state index contributed by atoms with van der Waals surface area (Å²) in [6.45, 7) is 11.2. The van der Waals surface area contributed by atoms with Gasteiger partial charge in [-0.2, -0.15) is 0 Å². The Morgan fingerprint density at radius 1 is 0.741 bits per heavy atom. The summed E-state index contributed by atoms with van der Waals surface area (Å²) in [7, 11) is 3.31. The number of halogens is 1. The molecule has 1 aromatic carbocycles. The predicted octanol–water partition coefficient (Wildman–Crippen LogP) is 8.08.